The van der Waals surface area contributed by atoms with Gasteiger partial charge in [0.15, 0.2) is 5.75 Å². The Kier molecular flexibility index (Phi) is 4.23. The van der Waals surface area contributed by atoms with E-state index in [2.05, 4.69) is 10.4 Å². The quantitative estimate of drug-likeness (QED) is 0.307. The average Bonchev–Trinajstić information content (AvgIpc) is 2.95. The van der Waals surface area contributed by atoms with Crippen LogP contribution in [0.4, 0.5) is 11.4 Å². The molecule has 1 aromatic heterocycles. The molecule has 1 amide bonds. The van der Waals surface area contributed by atoms with Crippen LogP contribution in [0.5, 0.6) is 5.75 Å². The number of fused-ring (bicyclic) bond motifs is 2. The summed E-state index contributed by atoms with van der Waals surface area (Å²) in [6, 6.07) is 12.2. The van der Waals surface area contributed by atoms with Gasteiger partial charge in [-0.1, -0.05) is 38.1 Å². The largest absolute Gasteiger partial charge is 0.486 e. The molecule has 0 saturated carbocycles. The molecule has 150 valence electrons. The Bertz CT molecular complexity index is 1140. The van der Waals surface area contributed by atoms with Crippen LogP contribution in [0, 0.1) is 6.92 Å². The van der Waals surface area contributed by atoms with Crippen LogP contribution in [-0.2, 0) is 5.41 Å². The zero-order valence-corrected chi connectivity index (χ0v) is 16.4. The van der Waals surface area contributed by atoms with Gasteiger partial charge in [-0.25, -0.2) is 4.98 Å². The summed E-state index contributed by atoms with van der Waals surface area (Å²) in [5.41, 5.74) is 10.2. The first-order valence-electron chi connectivity index (χ1n) is 9.20. The molecule has 3 aromatic rings. The van der Waals surface area contributed by atoms with Gasteiger partial charge in [-0.2, -0.15) is 0 Å². The lowest BCUT2D eigenvalue weighted by Crippen LogP contribution is -2.57. The van der Waals surface area contributed by atoms with E-state index >= 15 is 0 Å². The lowest BCUT2D eigenvalue weighted by molar-refractivity contribution is -0.315. The van der Waals surface area contributed by atoms with Crippen molar-refractivity contribution in [3.63, 3.8) is 0 Å². The number of nitrogens with one attached hydrogen (secondary N) is 1. The summed E-state index contributed by atoms with van der Waals surface area (Å²) >= 11 is 0. The van der Waals surface area contributed by atoms with Crippen LogP contribution in [0.1, 0.15) is 35.5 Å². The first-order chi connectivity index (χ1) is 13.6. The van der Waals surface area contributed by atoms with Crippen molar-refractivity contribution in [3.8, 4) is 5.75 Å². The third-order valence-corrected chi connectivity index (χ3v) is 5.22. The van der Waals surface area contributed by atoms with Gasteiger partial charge in [-0.05, 0) is 30.7 Å². The van der Waals surface area contributed by atoms with Gasteiger partial charge in [0.2, 0.25) is 0 Å². The van der Waals surface area contributed by atoms with E-state index in [1.807, 2.05) is 32.9 Å². The fourth-order valence-corrected chi connectivity index (χ4v) is 3.61. The number of carbonyl (C=O) groups is 1. The zero-order chi connectivity index (χ0) is 21.0. The highest BCUT2D eigenvalue weighted by Gasteiger charge is 2.44. The molecular formula is C21H23N4O4+. The number of nitrogens with two attached hydrogens (primary N) is 1. The van der Waals surface area contributed by atoms with E-state index in [4.69, 9.17) is 10.5 Å². The molecule has 5 N–H and O–H groups in total. The number of carbonyl (C=O) groups excluding carboxylic acids is 1. The number of pyridine rings is 1. The molecule has 2 aromatic carbocycles. The van der Waals surface area contributed by atoms with Crippen molar-refractivity contribution in [3.05, 3.63) is 59.3 Å². The highest BCUT2D eigenvalue weighted by Crippen LogP contribution is 2.47. The second-order valence-corrected chi connectivity index (χ2v) is 7.93. The van der Waals surface area contributed by atoms with Gasteiger partial charge in [-0.3, -0.25) is 4.79 Å². The average molecular weight is 395 g/mol. The normalized spacial score (nSPS) is 15.1. The van der Waals surface area contributed by atoms with Crippen LogP contribution < -0.4 is 20.8 Å². The number of quaternary nitrogens is 1. The number of hydrogen-bond acceptors (Lipinski definition) is 6. The molecule has 0 fully saturated rings. The fourth-order valence-electron chi connectivity index (χ4n) is 3.61. The number of aryl methyl sites for hydroxylation is 1. The molecular weight excluding hydrogens is 372 g/mol. The molecule has 0 spiro atoms. The van der Waals surface area contributed by atoms with E-state index in [0.29, 0.717) is 12.1 Å². The highest BCUT2D eigenvalue weighted by atomic mass is 16.9. The summed E-state index contributed by atoms with van der Waals surface area (Å²) in [7, 11) is 0. The van der Waals surface area contributed by atoms with Crippen molar-refractivity contribution < 1.29 is 19.9 Å². The summed E-state index contributed by atoms with van der Waals surface area (Å²) in [5.74, 6) is -0.518. The van der Waals surface area contributed by atoms with Gasteiger partial charge in [0.05, 0.1) is 17.0 Å². The standard InChI is InChI=1S/C21H22N4O4/c1-12-5-4-6-16-13(12)7-10-17(23-16)20(26)24-25(27,28)18-15(22)9-8-14-19(18)29-11-21(14,2)3/h4-10,27-28H,11,22H2,1-3H3/p+1. The monoisotopic (exact) mass is 395 g/mol. The number of aromatic nitrogens is 1. The topological polar surface area (TPSA) is 118 Å². The Morgan fingerprint density at radius 1 is 1.21 bits per heavy atom. The summed E-state index contributed by atoms with van der Waals surface area (Å²) in [6.07, 6.45) is 0. The fraction of sp³-hybridized carbons (Fsp3) is 0.238. The minimum Gasteiger partial charge on any atom is -0.486 e. The first-order valence-corrected chi connectivity index (χ1v) is 9.20. The van der Waals surface area contributed by atoms with Crippen LogP contribution in [0.3, 0.4) is 0 Å². The number of nitrogens with zero attached hydrogens (tertiary/aromatic N) is 2. The Morgan fingerprint density at radius 3 is 2.72 bits per heavy atom. The third kappa shape index (κ3) is 3.17. The molecule has 1 aliphatic rings. The van der Waals surface area contributed by atoms with Crippen LogP contribution in [0.25, 0.3) is 10.9 Å². The van der Waals surface area contributed by atoms with E-state index in [0.717, 1.165) is 16.5 Å². The maximum Gasteiger partial charge on any atom is 0.320 e. The minimum absolute atomic E-state index is 0.0427. The SMILES string of the molecule is Cc1cccc2nc(C(=O)N[N+](O)(O)c3c(N)ccc4c3OCC4(C)C)ccc12. The Morgan fingerprint density at radius 2 is 1.97 bits per heavy atom. The van der Waals surface area contributed by atoms with Crippen molar-refractivity contribution in [2.24, 2.45) is 0 Å². The number of amides is 1. The van der Waals surface area contributed by atoms with Crippen molar-refractivity contribution >= 4 is 28.2 Å². The summed E-state index contributed by atoms with van der Waals surface area (Å²) in [5, 5.41) is 22.2. The van der Waals surface area contributed by atoms with Crippen LogP contribution in [0.15, 0.2) is 42.5 Å². The zero-order valence-electron chi connectivity index (χ0n) is 16.4. The lowest BCUT2D eigenvalue weighted by atomic mass is 9.86. The smallest absolute Gasteiger partial charge is 0.320 e. The van der Waals surface area contributed by atoms with Crippen molar-refractivity contribution in [1.82, 2.24) is 15.3 Å². The van der Waals surface area contributed by atoms with Gasteiger partial charge in [-0.15, -0.1) is 15.8 Å². The molecule has 8 heteroatoms. The van der Waals surface area contributed by atoms with Gasteiger partial charge in [0.1, 0.15) is 11.4 Å². The molecule has 0 aliphatic carbocycles. The summed E-state index contributed by atoms with van der Waals surface area (Å²) in [6.45, 7) is 6.26. The van der Waals surface area contributed by atoms with E-state index in [-0.39, 0.29) is 28.2 Å². The molecule has 0 bridgehead atoms. The molecule has 8 nitrogen and oxygen atoms in total. The molecule has 0 unspecified atom stereocenters. The van der Waals surface area contributed by atoms with Gasteiger partial charge in [0.25, 0.3) is 5.69 Å². The van der Waals surface area contributed by atoms with Crippen LogP contribution in [0.2, 0.25) is 0 Å². The number of anilines is 1. The predicted molar refractivity (Wildman–Crippen MR) is 109 cm³/mol. The highest BCUT2D eigenvalue weighted by molar-refractivity contribution is 5.96. The van der Waals surface area contributed by atoms with E-state index in [1.54, 1.807) is 24.3 Å². The van der Waals surface area contributed by atoms with E-state index in [1.165, 1.54) is 6.07 Å². The van der Waals surface area contributed by atoms with Crippen LogP contribution in [-0.4, -0.2) is 27.9 Å². The lowest BCUT2D eigenvalue weighted by Gasteiger charge is -2.23. The summed E-state index contributed by atoms with van der Waals surface area (Å²) < 4.78 is 5.69. The number of nitrogen functional groups attached to an aromatic ring is 1. The molecule has 0 saturated heterocycles. The second kappa shape index (κ2) is 6.41. The maximum absolute atomic E-state index is 12.7. The number of hydrogen-bond donors (Lipinski definition) is 4. The first kappa shape index (κ1) is 19.1. The summed E-state index contributed by atoms with van der Waals surface area (Å²) in [4.78, 5) is 15.1. The molecule has 4 rings (SSSR count). The van der Waals surface area contributed by atoms with Gasteiger partial charge in [0, 0.05) is 16.4 Å². The van der Waals surface area contributed by atoms with Crippen molar-refractivity contribution in [1.29, 1.82) is 0 Å². The number of ether oxygens (including phenoxy) is 1. The van der Waals surface area contributed by atoms with E-state index < -0.39 is 10.8 Å². The van der Waals surface area contributed by atoms with E-state index in [9.17, 15) is 15.2 Å². The number of rotatable bonds is 3. The van der Waals surface area contributed by atoms with Crippen molar-refractivity contribution in [2.75, 3.05) is 12.3 Å². The van der Waals surface area contributed by atoms with Crippen LogP contribution >= 0.6 is 0 Å². The maximum atomic E-state index is 12.7. The minimum atomic E-state index is -1.95. The Hall–Kier alpha value is -3.20. The Labute approximate surface area is 167 Å². The Balaban J connectivity index is 1.70. The number of benzene rings is 2. The third-order valence-electron chi connectivity index (χ3n) is 5.22. The second-order valence-electron chi connectivity index (χ2n) is 7.93. The van der Waals surface area contributed by atoms with Gasteiger partial charge >= 0.3 is 5.91 Å². The molecule has 0 atom stereocenters. The predicted octanol–water partition coefficient (Wildman–Crippen LogP) is 3.23. The molecule has 0 radical (unpaired) electrons. The van der Waals surface area contributed by atoms with Gasteiger partial charge < -0.3 is 10.5 Å². The molecule has 29 heavy (non-hydrogen) atoms. The molecule has 2 heterocycles. The molecule has 1 aliphatic heterocycles. The van der Waals surface area contributed by atoms with Crippen molar-refractivity contribution in [2.45, 2.75) is 26.2 Å².